The first-order valence-electron chi connectivity index (χ1n) is 14.5. The van der Waals surface area contributed by atoms with Crippen LogP contribution in [0.3, 0.4) is 0 Å². The van der Waals surface area contributed by atoms with E-state index < -0.39 is 15.9 Å². The minimum absolute atomic E-state index is 0. The topological polar surface area (TPSA) is 124 Å². The number of sulfonamides is 1. The molecule has 3 aliphatic rings. The number of aryl methyl sites for hydroxylation is 2. The molecular weight excluding hydrogens is 574 g/mol. The number of hydrogen-bond donors (Lipinski definition) is 1. The summed E-state index contributed by atoms with van der Waals surface area (Å²) in [6.07, 6.45) is 9.32. The third-order valence-electron chi connectivity index (χ3n) is 8.60. The van der Waals surface area contributed by atoms with Crippen LogP contribution in [-0.4, -0.2) is 57.6 Å². The zero-order valence-electron chi connectivity index (χ0n) is 24.9. The molecule has 1 saturated heterocycles. The lowest BCUT2D eigenvalue weighted by Gasteiger charge is -2.34. The number of rotatable bonds is 10. The fraction of sp³-hybridized carbons (Fsp3) is 0.586. The van der Waals surface area contributed by atoms with E-state index in [0.717, 1.165) is 18.3 Å². The molecule has 0 aromatic carbocycles. The molecule has 0 unspecified atom stereocenters. The second-order valence-corrected chi connectivity index (χ2v) is 14.4. The van der Waals surface area contributed by atoms with Gasteiger partial charge in [-0.25, -0.2) is 22.8 Å². The third-order valence-corrected chi connectivity index (χ3v) is 10.0. The number of ether oxygens (including phenoxy) is 1. The summed E-state index contributed by atoms with van der Waals surface area (Å²) in [7, 11) is -2.50. The van der Waals surface area contributed by atoms with Gasteiger partial charge in [0, 0.05) is 37.6 Å². The average Bonchev–Trinajstić information content (AvgIpc) is 3.81. The molecule has 0 radical (unpaired) electrons. The molecule has 42 heavy (non-hydrogen) atoms. The largest absolute Gasteiger partial charge is 0.476 e. The van der Waals surface area contributed by atoms with Gasteiger partial charge in [-0.1, -0.05) is 6.92 Å². The van der Waals surface area contributed by atoms with Crippen LogP contribution in [0.1, 0.15) is 68.9 Å². The molecule has 4 heterocycles. The van der Waals surface area contributed by atoms with Gasteiger partial charge in [0.15, 0.2) is 5.82 Å². The number of aromatic nitrogens is 5. The Balaban J connectivity index is 0.00000353. The number of carbonyl (C=O) groups excluding carboxylic acids is 1. The van der Waals surface area contributed by atoms with Gasteiger partial charge in [-0.3, -0.25) is 9.48 Å². The monoisotopic (exact) mass is 615 g/mol. The molecular formula is C29H41N7O4S2. The Morgan fingerprint density at radius 2 is 1.83 bits per heavy atom. The average molecular weight is 616 g/mol. The molecule has 6 rings (SSSR count). The van der Waals surface area contributed by atoms with Crippen LogP contribution in [0.5, 0.6) is 5.88 Å². The predicted octanol–water partition coefficient (Wildman–Crippen LogP) is 3.98. The first-order chi connectivity index (χ1) is 19.4. The number of nitrogens with zero attached hydrogens (tertiary/aromatic N) is 6. The SMILES string of the molecule is Cc1nn(C)cc1S(=O)(=O)NC(=O)c1ccc(-n2ccc(OCC(C3CC3)C3CC3)n2)nc1N1C[C@@H](C)CC1(C)C.S. The third kappa shape index (κ3) is 6.17. The number of hydrogen-bond acceptors (Lipinski definition) is 8. The smallest absolute Gasteiger partial charge is 0.268 e. The van der Waals surface area contributed by atoms with E-state index in [0.29, 0.717) is 48.2 Å². The summed E-state index contributed by atoms with van der Waals surface area (Å²) in [5.41, 5.74) is 0.215. The van der Waals surface area contributed by atoms with Crippen molar-refractivity contribution >= 4 is 35.2 Å². The normalized spacial score (nSPS) is 20.0. The van der Waals surface area contributed by atoms with E-state index in [1.165, 1.54) is 36.6 Å². The van der Waals surface area contributed by atoms with Crippen LogP contribution < -0.4 is 14.4 Å². The van der Waals surface area contributed by atoms with Gasteiger partial charge >= 0.3 is 0 Å². The second kappa shape index (κ2) is 11.2. The van der Waals surface area contributed by atoms with Crippen LogP contribution >= 0.6 is 13.5 Å². The number of anilines is 1. The Hall–Kier alpha value is -3.06. The second-order valence-electron chi connectivity index (χ2n) is 12.7. The highest BCUT2D eigenvalue weighted by molar-refractivity contribution is 7.90. The number of nitrogens with one attached hydrogen (secondary N) is 1. The molecule has 2 saturated carbocycles. The van der Waals surface area contributed by atoms with E-state index in [2.05, 4.69) is 40.6 Å². The lowest BCUT2D eigenvalue weighted by atomic mass is 9.97. The summed E-state index contributed by atoms with van der Waals surface area (Å²) in [6, 6.07) is 5.14. The van der Waals surface area contributed by atoms with Gasteiger partial charge < -0.3 is 9.64 Å². The maximum Gasteiger partial charge on any atom is 0.268 e. The van der Waals surface area contributed by atoms with Gasteiger partial charge in [-0.05, 0) is 88.7 Å². The van der Waals surface area contributed by atoms with Crippen LogP contribution in [0.2, 0.25) is 0 Å². The number of amides is 1. The zero-order chi connectivity index (χ0) is 29.1. The number of carbonyl (C=O) groups is 1. The van der Waals surface area contributed by atoms with Crippen molar-refractivity contribution in [3.05, 3.63) is 41.9 Å². The van der Waals surface area contributed by atoms with Crippen LogP contribution in [0.4, 0.5) is 5.82 Å². The van der Waals surface area contributed by atoms with Crippen molar-refractivity contribution in [1.29, 1.82) is 0 Å². The maximum atomic E-state index is 13.5. The van der Waals surface area contributed by atoms with E-state index in [4.69, 9.17) is 9.72 Å². The molecule has 3 aromatic heterocycles. The van der Waals surface area contributed by atoms with Crippen molar-refractivity contribution in [2.45, 2.75) is 70.2 Å². The van der Waals surface area contributed by atoms with Crippen molar-refractivity contribution in [3.8, 4) is 11.7 Å². The molecule has 11 nitrogen and oxygen atoms in total. The quantitative estimate of drug-likeness (QED) is 0.363. The summed E-state index contributed by atoms with van der Waals surface area (Å²) >= 11 is 0. The van der Waals surface area contributed by atoms with E-state index in [1.54, 1.807) is 37.0 Å². The lowest BCUT2D eigenvalue weighted by molar-refractivity contribution is 0.0981. The summed E-state index contributed by atoms with van der Waals surface area (Å²) in [5.74, 6) is 3.34. The molecule has 0 bridgehead atoms. The molecule has 2 aliphatic carbocycles. The van der Waals surface area contributed by atoms with Crippen molar-refractivity contribution in [2.75, 3.05) is 18.1 Å². The summed E-state index contributed by atoms with van der Waals surface area (Å²) in [5, 5.41) is 8.73. The van der Waals surface area contributed by atoms with E-state index >= 15 is 0 Å². The van der Waals surface area contributed by atoms with E-state index in [1.807, 2.05) is 6.07 Å². The minimum Gasteiger partial charge on any atom is -0.476 e. The molecule has 1 atom stereocenters. The van der Waals surface area contributed by atoms with Crippen molar-refractivity contribution < 1.29 is 17.9 Å². The van der Waals surface area contributed by atoms with E-state index in [-0.39, 0.29) is 29.5 Å². The molecule has 1 amide bonds. The standard InChI is InChI=1S/C29H39N7O4S.H2S/c1-18-14-29(3,4)35(15-18)27-22(28(37)33-41(38,39)24-16-34(5)31-19(24)2)10-11-25(30-27)36-13-12-26(32-36)40-17-23(20-6-7-20)21-8-9-21;/h10-13,16,18,20-21,23H,6-9,14-15,17H2,1-5H3,(H,33,37);1H2/t18-;/m0./s1. The van der Waals surface area contributed by atoms with Gasteiger partial charge in [0.1, 0.15) is 10.7 Å². The summed E-state index contributed by atoms with van der Waals surface area (Å²) < 4.78 is 37.6. The molecule has 1 N–H and O–H groups in total. The zero-order valence-corrected chi connectivity index (χ0v) is 26.7. The van der Waals surface area contributed by atoms with Crippen molar-refractivity contribution in [2.24, 2.45) is 30.7 Å². The van der Waals surface area contributed by atoms with Gasteiger partial charge in [-0.2, -0.15) is 18.6 Å². The Morgan fingerprint density at radius 1 is 1.14 bits per heavy atom. The maximum absolute atomic E-state index is 13.5. The molecule has 0 spiro atoms. The van der Waals surface area contributed by atoms with Crippen LogP contribution in [-0.2, 0) is 17.1 Å². The van der Waals surface area contributed by atoms with Crippen molar-refractivity contribution in [1.82, 2.24) is 29.3 Å². The first kappa shape index (κ1) is 30.4. The Bertz CT molecular complexity index is 1560. The molecule has 3 fully saturated rings. The molecule has 1 aliphatic heterocycles. The fourth-order valence-corrected chi connectivity index (χ4v) is 7.57. The highest BCUT2D eigenvalue weighted by Gasteiger charge is 2.42. The Kier molecular flexibility index (Phi) is 8.12. The lowest BCUT2D eigenvalue weighted by Crippen LogP contribution is -2.41. The van der Waals surface area contributed by atoms with Gasteiger partial charge in [0.25, 0.3) is 15.9 Å². The van der Waals surface area contributed by atoms with Crippen molar-refractivity contribution in [3.63, 3.8) is 0 Å². The van der Waals surface area contributed by atoms with Crippen LogP contribution in [0, 0.1) is 30.6 Å². The predicted molar refractivity (Wildman–Crippen MR) is 164 cm³/mol. The van der Waals surface area contributed by atoms with E-state index in [9.17, 15) is 13.2 Å². The van der Waals surface area contributed by atoms with Crippen LogP contribution in [0.25, 0.3) is 5.82 Å². The Morgan fingerprint density at radius 3 is 2.40 bits per heavy atom. The van der Waals surface area contributed by atoms with Gasteiger partial charge in [0.05, 0.1) is 17.9 Å². The van der Waals surface area contributed by atoms with Gasteiger partial charge in [-0.15, -0.1) is 5.10 Å². The molecule has 13 heteroatoms. The van der Waals surface area contributed by atoms with Gasteiger partial charge in [0.2, 0.25) is 5.88 Å². The highest BCUT2D eigenvalue weighted by atomic mass is 32.2. The highest BCUT2D eigenvalue weighted by Crippen LogP contribution is 2.49. The number of pyridine rings is 1. The first-order valence-corrected chi connectivity index (χ1v) is 15.9. The summed E-state index contributed by atoms with van der Waals surface area (Å²) in [6.45, 7) is 9.35. The molecule has 228 valence electrons. The fourth-order valence-electron chi connectivity index (χ4n) is 6.38. The summed E-state index contributed by atoms with van der Waals surface area (Å²) in [4.78, 5) is 20.5. The molecule has 3 aromatic rings. The minimum atomic E-state index is -4.14. The van der Waals surface area contributed by atoms with Crippen LogP contribution in [0.15, 0.2) is 35.5 Å². The Labute approximate surface area is 254 Å².